The number of hydrogen-bond donors (Lipinski definition) is 6. The van der Waals surface area contributed by atoms with E-state index in [0.717, 1.165) is 12.8 Å². The van der Waals surface area contributed by atoms with Gasteiger partial charge in [-0.2, -0.15) is 0 Å². The van der Waals surface area contributed by atoms with Crippen LogP contribution in [0.25, 0.3) is 0 Å². The predicted molar refractivity (Wildman–Crippen MR) is 93.0 cm³/mol. The third-order valence-corrected chi connectivity index (χ3v) is 2.47. The Hall–Kier alpha value is -1.30. The van der Waals surface area contributed by atoms with E-state index in [2.05, 4.69) is 9.47 Å². The number of carboxylic acid groups (broad SMARTS) is 2. The molecule has 0 aliphatic rings. The van der Waals surface area contributed by atoms with E-state index in [-0.39, 0.29) is 39.3 Å². The fraction of sp³-hybridized carbons (Fsp3) is 0.875. The highest BCUT2D eigenvalue weighted by Crippen LogP contribution is 2.04. The van der Waals surface area contributed by atoms with Crippen LogP contribution in [0.1, 0.15) is 38.5 Å². The number of rotatable bonds is 15. The van der Waals surface area contributed by atoms with Crippen LogP contribution in [0.2, 0.25) is 0 Å². The van der Waals surface area contributed by atoms with Crippen LogP contribution in [0.5, 0.6) is 0 Å². The minimum atomic E-state index is -0.784. The SMILES string of the molecule is O=C(O)CCCCCCC(=O)O.OCCOCCO.OCCOCCO. The van der Waals surface area contributed by atoms with E-state index in [9.17, 15) is 9.59 Å². The molecule has 10 nitrogen and oxygen atoms in total. The van der Waals surface area contributed by atoms with Gasteiger partial charge in [0.2, 0.25) is 0 Å². The van der Waals surface area contributed by atoms with Crippen molar-refractivity contribution in [2.24, 2.45) is 0 Å². The van der Waals surface area contributed by atoms with E-state index in [1.807, 2.05) is 0 Å². The molecule has 0 aromatic carbocycles. The molecule has 0 rings (SSSR count). The topological polar surface area (TPSA) is 174 Å². The maximum absolute atomic E-state index is 10.0. The lowest BCUT2D eigenvalue weighted by Gasteiger charge is -1.96. The van der Waals surface area contributed by atoms with Gasteiger partial charge in [0.05, 0.1) is 52.9 Å². The van der Waals surface area contributed by atoms with Crippen molar-refractivity contribution in [2.75, 3.05) is 52.9 Å². The van der Waals surface area contributed by atoms with Gasteiger partial charge in [0.15, 0.2) is 0 Å². The lowest BCUT2D eigenvalue weighted by molar-refractivity contribution is -0.138. The summed E-state index contributed by atoms with van der Waals surface area (Å²) < 4.78 is 9.26. The van der Waals surface area contributed by atoms with Gasteiger partial charge >= 0.3 is 11.9 Å². The minimum Gasteiger partial charge on any atom is -0.481 e. The smallest absolute Gasteiger partial charge is 0.303 e. The summed E-state index contributed by atoms with van der Waals surface area (Å²) in [7, 11) is 0. The molecule has 0 fully saturated rings. The van der Waals surface area contributed by atoms with Crippen LogP contribution in [-0.2, 0) is 19.1 Å². The van der Waals surface area contributed by atoms with Gasteiger partial charge < -0.3 is 40.1 Å². The van der Waals surface area contributed by atoms with E-state index < -0.39 is 11.9 Å². The zero-order valence-electron chi connectivity index (χ0n) is 15.2. The van der Waals surface area contributed by atoms with Crippen molar-refractivity contribution < 1.29 is 49.7 Å². The van der Waals surface area contributed by atoms with Gasteiger partial charge in [-0.3, -0.25) is 9.59 Å². The molecular weight excluding hydrogens is 352 g/mol. The summed E-state index contributed by atoms with van der Waals surface area (Å²) in [5.74, 6) is -1.57. The van der Waals surface area contributed by atoms with Crippen LogP contribution in [0, 0.1) is 0 Å². The van der Waals surface area contributed by atoms with Gasteiger partial charge in [0.25, 0.3) is 0 Å². The molecule has 0 aliphatic carbocycles. The summed E-state index contributed by atoms with van der Waals surface area (Å²) >= 11 is 0. The van der Waals surface area contributed by atoms with Crippen LogP contribution in [0.4, 0.5) is 0 Å². The number of carbonyl (C=O) groups is 2. The van der Waals surface area contributed by atoms with E-state index in [1.165, 1.54) is 0 Å². The Kier molecular flexibility index (Phi) is 32.3. The first-order valence-corrected chi connectivity index (χ1v) is 8.48. The molecule has 0 bridgehead atoms. The summed E-state index contributed by atoms with van der Waals surface area (Å²) in [5, 5.41) is 48.9. The maximum atomic E-state index is 10.0. The van der Waals surface area contributed by atoms with Crippen LogP contribution in [-0.4, -0.2) is 95.4 Å². The minimum absolute atomic E-state index is 0.0278. The molecule has 0 atom stereocenters. The van der Waals surface area contributed by atoms with Crippen molar-refractivity contribution in [1.29, 1.82) is 0 Å². The zero-order chi connectivity index (χ0) is 20.5. The summed E-state index contributed by atoms with van der Waals surface area (Å²) in [5.41, 5.74) is 0. The lowest BCUT2D eigenvalue weighted by Crippen LogP contribution is -2.03. The molecule has 158 valence electrons. The predicted octanol–water partition coefficient (Wildman–Crippen LogP) is -0.529. The monoisotopic (exact) mass is 386 g/mol. The Labute approximate surface area is 154 Å². The van der Waals surface area contributed by atoms with E-state index >= 15 is 0 Å². The van der Waals surface area contributed by atoms with Crippen molar-refractivity contribution in [2.45, 2.75) is 38.5 Å². The molecule has 0 saturated heterocycles. The fourth-order valence-corrected chi connectivity index (χ4v) is 1.37. The molecule has 0 saturated carbocycles. The van der Waals surface area contributed by atoms with E-state index in [4.69, 9.17) is 30.6 Å². The van der Waals surface area contributed by atoms with Crippen LogP contribution in [0.3, 0.4) is 0 Å². The lowest BCUT2D eigenvalue weighted by atomic mass is 10.1. The highest BCUT2D eigenvalue weighted by molar-refractivity contribution is 5.66. The van der Waals surface area contributed by atoms with Gasteiger partial charge in [-0.1, -0.05) is 12.8 Å². The third-order valence-electron chi connectivity index (χ3n) is 2.47. The van der Waals surface area contributed by atoms with Crippen molar-refractivity contribution in [3.8, 4) is 0 Å². The van der Waals surface area contributed by atoms with E-state index in [0.29, 0.717) is 39.3 Å². The number of ether oxygens (including phenoxy) is 2. The molecule has 26 heavy (non-hydrogen) atoms. The Morgan fingerprint density at radius 3 is 1.00 bits per heavy atom. The molecule has 0 aromatic heterocycles. The van der Waals surface area contributed by atoms with Crippen molar-refractivity contribution in [1.82, 2.24) is 0 Å². The molecule has 0 radical (unpaired) electrons. The Balaban J connectivity index is -0.000000326. The molecule has 0 heterocycles. The molecule has 0 unspecified atom stereocenters. The van der Waals surface area contributed by atoms with Crippen LogP contribution >= 0.6 is 0 Å². The van der Waals surface area contributed by atoms with Gasteiger partial charge in [0.1, 0.15) is 0 Å². The van der Waals surface area contributed by atoms with Crippen LogP contribution in [0.15, 0.2) is 0 Å². The summed E-state index contributed by atoms with van der Waals surface area (Å²) in [6, 6.07) is 0. The van der Waals surface area contributed by atoms with E-state index in [1.54, 1.807) is 0 Å². The molecule has 10 heteroatoms. The van der Waals surface area contributed by atoms with Crippen molar-refractivity contribution >= 4 is 11.9 Å². The van der Waals surface area contributed by atoms with Crippen LogP contribution < -0.4 is 0 Å². The van der Waals surface area contributed by atoms with Gasteiger partial charge in [0, 0.05) is 12.8 Å². The standard InChI is InChI=1S/C8H14O4.2C4H10O3/c9-7(10)5-3-1-2-4-6-8(11)12;2*5-1-3-7-4-2-6/h1-6H2,(H,9,10)(H,11,12);2*5-6H,1-4H2. The fourth-order valence-electron chi connectivity index (χ4n) is 1.37. The van der Waals surface area contributed by atoms with Gasteiger partial charge in [-0.05, 0) is 12.8 Å². The molecule has 0 spiro atoms. The molecule has 0 aromatic rings. The number of carboxylic acids is 2. The zero-order valence-corrected chi connectivity index (χ0v) is 15.2. The second-order valence-electron chi connectivity index (χ2n) is 4.82. The molecule has 0 amide bonds. The normalized spacial score (nSPS) is 9.54. The molecule has 0 aliphatic heterocycles. The molecule has 6 N–H and O–H groups in total. The van der Waals surface area contributed by atoms with Gasteiger partial charge in [-0.15, -0.1) is 0 Å². The average Bonchev–Trinajstić information content (AvgIpc) is 2.60. The highest BCUT2D eigenvalue weighted by Gasteiger charge is 1.98. The molecular formula is C16H34O10. The first-order valence-electron chi connectivity index (χ1n) is 8.48. The third kappa shape index (κ3) is 43.4. The first-order chi connectivity index (χ1) is 12.5. The average molecular weight is 386 g/mol. The summed E-state index contributed by atoms with van der Waals surface area (Å²) in [6.07, 6.45) is 3.28. The second-order valence-corrected chi connectivity index (χ2v) is 4.82. The number of aliphatic carboxylic acids is 2. The highest BCUT2D eigenvalue weighted by atomic mass is 16.5. The summed E-state index contributed by atoms with van der Waals surface area (Å²) in [4.78, 5) is 20.1. The number of aliphatic hydroxyl groups excluding tert-OH is 4. The second kappa shape index (κ2) is 28.5. The van der Waals surface area contributed by atoms with Gasteiger partial charge in [-0.25, -0.2) is 0 Å². The number of aliphatic hydroxyl groups is 4. The Morgan fingerprint density at radius 2 is 0.808 bits per heavy atom. The van der Waals surface area contributed by atoms with Crippen molar-refractivity contribution in [3.63, 3.8) is 0 Å². The van der Waals surface area contributed by atoms with Crippen molar-refractivity contribution in [3.05, 3.63) is 0 Å². The first kappa shape index (κ1) is 29.5. The quantitative estimate of drug-likeness (QED) is 0.201. The largest absolute Gasteiger partial charge is 0.481 e. The Morgan fingerprint density at radius 1 is 0.538 bits per heavy atom. The number of unbranched alkanes of at least 4 members (excludes halogenated alkanes) is 3. The summed E-state index contributed by atoms with van der Waals surface area (Å²) in [6.45, 7) is 1.39. The maximum Gasteiger partial charge on any atom is 0.303 e. The Bertz CT molecular complexity index is 250. The number of hydrogen-bond acceptors (Lipinski definition) is 8.